The van der Waals surface area contributed by atoms with Crippen LogP contribution in [0, 0.1) is 12.3 Å². The first-order valence-electron chi connectivity index (χ1n) is 9.42. The molecule has 0 aliphatic rings. The smallest absolute Gasteiger partial charge is 0.251 e. The zero-order valence-corrected chi connectivity index (χ0v) is 17.1. The first-order valence-corrected chi connectivity index (χ1v) is 10.9. The fourth-order valence-corrected chi connectivity index (χ4v) is 3.97. The molecule has 3 aromatic rings. The molecule has 0 saturated carbocycles. The molecule has 3 rings (SSSR count). The minimum atomic E-state index is -3.70. The van der Waals surface area contributed by atoms with Crippen LogP contribution in [-0.4, -0.2) is 20.9 Å². The molecule has 30 heavy (non-hydrogen) atoms. The Morgan fingerprint density at radius 3 is 2.10 bits per heavy atom. The first kappa shape index (κ1) is 21.3. The average Bonchev–Trinajstić information content (AvgIpc) is 2.78. The van der Waals surface area contributed by atoms with Crippen molar-refractivity contribution in [3.63, 3.8) is 0 Å². The van der Waals surface area contributed by atoms with E-state index >= 15 is 0 Å². The van der Waals surface area contributed by atoms with E-state index in [4.69, 9.17) is 6.42 Å². The van der Waals surface area contributed by atoms with E-state index in [1.807, 2.05) is 60.7 Å². The fraction of sp³-hybridized carbons (Fsp3) is 0.125. The molecule has 1 unspecified atom stereocenters. The standard InChI is InChI=1S/C24H22N2O3S/c1-2-17-25-30(28,29)22-15-13-21(14-16-22)24(27)26-23(20-11-7-4-8-12-20)18-19-9-5-3-6-10-19/h1,3-16,23,25H,17-18H2,(H,26,27). The van der Waals surface area contributed by atoms with Gasteiger partial charge in [-0.1, -0.05) is 66.6 Å². The lowest BCUT2D eigenvalue weighted by molar-refractivity contribution is 0.0936. The van der Waals surface area contributed by atoms with Crippen molar-refractivity contribution in [1.82, 2.24) is 10.0 Å². The second-order valence-corrected chi connectivity index (χ2v) is 8.45. The lowest BCUT2D eigenvalue weighted by atomic mass is 9.98. The Hall–Kier alpha value is -3.40. The van der Waals surface area contributed by atoms with E-state index in [9.17, 15) is 13.2 Å². The molecule has 1 atom stereocenters. The van der Waals surface area contributed by atoms with Crippen molar-refractivity contribution in [2.75, 3.05) is 6.54 Å². The van der Waals surface area contributed by atoms with E-state index in [-0.39, 0.29) is 23.4 Å². The van der Waals surface area contributed by atoms with Crippen LogP contribution in [0.25, 0.3) is 0 Å². The van der Waals surface area contributed by atoms with Gasteiger partial charge in [0.2, 0.25) is 10.0 Å². The van der Waals surface area contributed by atoms with E-state index in [0.29, 0.717) is 12.0 Å². The first-order chi connectivity index (χ1) is 14.5. The molecule has 6 heteroatoms. The summed E-state index contributed by atoms with van der Waals surface area (Å²) in [6.07, 6.45) is 5.74. The third-order valence-corrected chi connectivity index (χ3v) is 6.00. The van der Waals surface area contributed by atoms with Crippen molar-refractivity contribution in [2.24, 2.45) is 0 Å². The van der Waals surface area contributed by atoms with Crippen LogP contribution in [-0.2, 0) is 16.4 Å². The Labute approximate surface area is 177 Å². The highest BCUT2D eigenvalue weighted by atomic mass is 32.2. The number of sulfonamides is 1. The Morgan fingerprint density at radius 1 is 0.900 bits per heavy atom. The van der Waals surface area contributed by atoms with Gasteiger partial charge in [0.15, 0.2) is 0 Å². The van der Waals surface area contributed by atoms with Gasteiger partial charge in [-0.05, 0) is 41.8 Å². The highest BCUT2D eigenvalue weighted by Crippen LogP contribution is 2.19. The lowest BCUT2D eigenvalue weighted by Crippen LogP contribution is -2.30. The van der Waals surface area contributed by atoms with E-state index in [2.05, 4.69) is 16.0 Å². The molecule has 2 N–H and O–H groups in total. The predicted octanol–water partition coefficient (Wildman–Crippen LogP) is 3.31. The number of amides is 1. The van der Waals surface area contributed by atoms with Gasteiger partial charge in [-0.15, -0.1) is 6.42 Å². The summed E-state index contributed by atoms with van der Waals surface area (Å²) in [5.74, 6) is 1.95. The molecular formula is C24H22N2O3S. The molecule has 0 radical (unpaired) electrons. The number of hydrogen-bond donors (Lipinski definition) is 2. The van der Waals surface area contributed by atoms with Crippen LogP contribution in [0.1, 0.15) is 27.5 Å². The quantitative estimate of drug-likeness (QED) is 0.551. The summed E-state index contributed by atoms with van der Waals surface area (Å²) >= 11 is 0. The number of carbonyl (C=O) groups excluding carboxylic acids is 1. The number of hydrogen-bond acceptors (Lipinski definition) is 3. The average molecular weight is 419 g/mol. The maximum absolute atomic E-state index is 12.8. The molecule has 152 valence electrons. The molecular weight excluding hydrogens is 396 g/mol. The van der Waals surface area contributed by atoms with Crippen LogP contribution in [0.4, 0.5) is 0 Å². The van der Waals surface area contributed by atoms with Crippen LogP contribution in [0.2, 0.25) is 0 Å². The van der Waals surface area contributed by atoms with Gasteiger partial charge in [0.25, 0.3) is 5.91 Å². The number of carbonyl (C=O) groups is 1. The summed E-state index contributed by atoms with van der Waals surface area (Å²) in [4.78, 5) is 12.9. The van der Waals surface area contributed by atoms with Crippen LogP contribution in [0.5, 0.6) is 0 Å². The highest BCUT2D eigenvalue weighted by Gasteiger charge is 2.18. The van der Waals surface area contributed by atoms with E-state index < -0.39 is 10.0 Å². The molecule has 0 bridgehead atoms. The summed E-state index contributed by atoms with van der Waals surface area (Å²) < 4.78 is 26.6. The Morgan fingerprint density at radius 2 is 1.50 bits per heavy atom. The maximum atomic E-state index is 12.8. The zero-order chi connectivity index (χ0) is 21.4. The molecule has 0 fully saturated rings. The third kappa shape index (κ3) is 5.57. The van der Waals surface area contributed by atoms with Crippen LogP contribution >= 0.6 is 0 Å². The van der Waals surface area contributed by atoms with Gasteiger partial charge in [-0.2, -0.15) is 4.72 Å². The van der Waals surface area contributed by atoms with Crippen molar-refractivity contribution < 1.29 is 13.2 Å². The predicted molar refractivity (Wildman–Crippen MR) is 117 cm³/mol. The summed E-state index contributed by atoms with van der Waals surface area (Å²) in [6, 6.07) is 25.2. The van der Waals surface area contributed by atoms with Crippen LogP contribution < -0.4 is 10.0 Å². The van der Waals surface area contributed by atoms with Crippen LogP contribution in [0.3, 0.4) is 0 Å². The monoisotopic (exact) mass is 418 g/mol. The topological polar surface area (TPSA) is 75.3 Å². The number of rotatable bonds is 8. The van der Waals surface area contributed by atoms with Crippen LogP contribution in [0.15, 0.2) is 89.8 Å². The van der Waals surface area contributed by atoms with Gasteiger partial charge in [0.05, 0.1) is 17.5 Å². The van der Waals surface area contributed by atoms with Gasteiger partial charge in [-0.3, -0.25) is 4.79 Å². The molecule has 0 aliphatic carbocycles. The molecule has 0 spiro atoms. The molecule has 0 heterocycles. The summed E-state index contributed by atoms with van der Waals surface area (Å²) in [5, 5.41) is 3.06. The van der Waals surface area contributed by atoms with Crippen molar-refractivity contribution >= 4 is 15.9 Å². The maximum Gasteiger partial charge on any atom is 0.251 e. The van der Waals surface area contributed by atoms with Gasteiger partial charge in [0.1, 0.15) is 0 Å². The largest absolute Gasteiger partial charge is 0.345 e. The SMILES string of the molecule is C#CCNS(=O)(=O)c1ccc(C(=O)NC(Cc2ccccc2)c2ccccc2)cc1. The summed E-state index contributed by atoms with van der Waals surface area (Å²) in [6.45, 7) is -0.0944. The fourth-order valence-electron chi connectivity index (χ4n) is 3.03. The van der Waals surface area contributed by atoms with Gasteiger partial charge in [-0.25, -0.2) is 8.42 Å². The second-order valence-electron chi connectivity index (χ2n) is 6.68. The Balaban J connectivity index is 1.78. The molecule has 1 amide bonds. The third-order valence-electron chi connectivity index (χ3n) is 4.58. The molecule has 0 aliphatic heterocycles. The Kier molecular flexibility index (Phi) is 7.02. The molecule has 5 nitrogen and oxygen atoms in total. The number of terminal acetylenes is 1. The minimum Gasteiger partial charge on any atom is -0.345 e. The molecule has 0 saturated heterocycles. The Bertz CT molecular complexity index is 1120. The zero-order valence-electron chi connectivity index (χ0n) is 16.3. The number of nitrogens with one attached hydrogen (secondary N) is 2. The van der Waals surface area contributed by atoms with Crippen molar-refractivity contribution in [3.05, 3.63) is 102 Å². The normalized spacial score (nSPS) is 12.0. The van der Waals surface area contributed by atoms with Gasteiger partial charge in [0, 0.05) is 5.56 Å². The van der Waals surface area contributed by atoms with Crippen molar-refractivity contribution in [3.8, 4) is 12.3 Å². The summed E-state index contributed by atoms with van der Waals surface area (Å²) in [5.41, 5.74) is 2.47. The van der Waals surface area contributed by atoms with Crippen molar-refractivity contribution in [2.45, 2.75) is 17.4 Å². The molecule has 0 aromatic heterocycles. The lowest BCUT2D eigenvalue weighted by Gasteiger charge is -2.20. The molecule has 3 aromatic carbocycles. The van der Waals surface area contributed by atoms with E-state index in [1.54, 1.807) is 0 Å². The van der Waals surface area contributed by atoms with Gasteiger partial charge >= 0.3 is 0 Å². The van der Waals surface area contributed by atoms with E-state index in [1.165, 1.54) is 24.3 Å². The van der Waals surface area contributed by atoms with Gasteiger partial charge < -0.3 is 5.32 Å². The van der Waals surface area contributed by atoms with Crippen molar-refractivity contribution in [1.29, 1.82) is 0 Å². The summed E-state index contributed by atoms with van der Waals surface area (Å²) in [7, 11) is -3.70. The van der Waals surface area contributed by atoms with E-state index in [0.717, 1.165) is 11.1 Å². The number of benzene rings is 3. The highest BCUT2D eigenvalue weighted by molar-refractivity contribution is 7.89. The minimum absolute atomic E-state index is 0.0539. The second kappa shape index (κ2) is 9.88.